The molecule has 0 atom stereocenters. The van der Waals surface area contributed by atoms with Gasteiger partial charge in [-0.05, 0) is 78.1 Å². The van der Waals surface area contributed by atoms with Gasteiger partial charge in [0, 0.05) is 11.1 Å². The number of hydrogen-bond acceptors (Lipinski definition) is 2. The van der Waals surface area contributed by atoms with Gasteiger partial charge >= 0.3 is 6.18 Å². The zero-order valence-electron chi connectivity index (χ0n) is 16.7. The van der Waals surface area contributed by atoms with Gasteiger partial charge in [0.25, 0.3) is 0 Å². The predicted octanol–water partition coefficient (Wildman–Crippen LogP) is 6.78. The predicted molar refractivity (Wildman–Crippen MR) is 109 cm³/mol. The van der Waals surface area contributed by atoms with Crippen LogP contribution < -0.4 is 4.74 Å². The van der Waals surface area contributed by atoms with Gasteiger partial charge in [-0.3, -0.25) is 4.79 Å². The van der Waals surface area contributed by atoms with Crippen molar-refractivity contribution in [2.75, 3.05) is 0 Å². The molecule has 0 radical (unpaired) electrons. The van der Waals surface area contributed by atoms with E-state index in [4.69, 9.17) is 4.74 Å². The maximum atomic E-state index is 13.3. The molecule has 0 saturated heterocycles. The quantitative estimate of drug-likeness (QED) is 0.328. The number of rotatable bonds is 4. The number of ketones is 1. The Kier molecular flexibility index (Phi) is 5.82. The monoisotopic (exact) mass is 444 g/mol. The van der Waals surface area contributed by atoms with Crippen molar-refractivity contribution in [2.24, 2.45) is 0 Å². The summed E-state index contributed by atoms with van der Waals surface area (Å²) in [6, 6.07) is 13.3. The number of hydrogen-bond donors (Lipinski definition) is 0. The number of benzene rings is 3. The molecule has 0 aromatic heterocycles. The molecule has 0 spiro atoms. The summed E-state index contributed by atoms with van der Waals surface area (Å²) < 4.78 is 70.8. The molecule has 2 nitrogen and oxygen atoms in total. The smallest absolute Gasteiger partial charge is 0.416 e. The second-order valence-corrected chi connectivity index (χ2v) is 7.48. The van der Waals surface area contributed by atoms with Crippen molar-refractivity contribution in [1.82, 2.24) is 0 Å². The average molecular weight is 444 g/mol. The summed E-state index contributed by atoms with van der Waals surface area (Å²) >= 11 is 0. The molecular weight excluding hydrogens is 427 g/mol. The third-order valence-corrected chi connectivity index (χ3v) is 5.22. The number of allylic oxidation sites excluding steroid dienone is 1. The van der Waals surface area contributed by atoms with Gasteiger partial charge in [0.2, 0.25) is 0 Å². The molecule has 0 N–H and O–H groups in total. The lowest BCUT2D eigenvalue weighted by molar-refractivity contribution is -0.137. The van der Waals surface area contributed by atoms with Gasteiger partial charge in [0.1, 0.15) is 12.4 Å². The van der Waals surface area contributed by atoms with E-state index in [1.54, 1.807) is 18.2 Å². The highest BCUT2D eigenvalue weighted by atomic mass is 19.4. The minimum Gasteiger partial charge on any atom is -0.489 e. The molecule has 1 aliphatic rings. The summed E-state index contributed by atoms with van der Waals surface area (Å²) in [4.78, 5) is 12.9. The van der Waals surface area contributed by atoms with Crippen LogP contribution in [-0.2, 0) is 19.2 Å². The average Bonchev–Trinajstić information content (AvgIpc) is 2.76. The molecule has 32 heavy (non-hydrogen) atoms. The lowest BCUT2D eigenvalue weighted by Gasteiger charge is -2.19. The molecule has 3 aromatic rings. The Bertz CT molecular complexity index is 1210. The fourth-order valence-electron chi connectivity index (χ4n) is 3.58. The molecule has 0 saturated carbocycles. The Morgan fingerprint density at radius 1 is 0.906 bits per heavy atom. The van der Waals surface area contributed by atoms with Crippen LogP contribution in [0.25, 0.3) is 6.08 Å². The van der Waals surface area contributed by atoms with Crippen molar-refractivity contribution in [2.45, 2.75) is 25.6 Å². The van der Waals surface area contributed by atoms with E-state index in [1.807, 2.05) is 0 Å². The number of aryl methyl sites for hydroxylation is 1. The number of ether oxygens (including phenoxy) is 1. The zero-order valence-corrected chi connectivity index (χ0v) is 16.7. The molecule has 4 rings (SSSR count). The Hall–Kier alpha value is -3.48. The van der Waals surface area contributed by atoms with Crippen LogP contribution in [0.1, 0.15) is 39.0 Å². The van der Waals surface area contributed by atoms with Crippen molar-refractivity contribution >= 4 is 11.9 Å². The first-order valence-electron chi connectivity index (χ1n) is 9.83. The largest absolute Gasteiger partial charge is 0.489 e. The molecule has 0 unspecified atom stereocenters. The zero-order chi connectivity index (χ0) is 22.9. The van der Waals surface area contributed by atoms with Gasteiger partial charge < -0.3 is 4.74 Å². The minimum atomic E-state index is -4.45. The maximum Gasteiger partial charge on any atom is 0.416 e. The van der Waals surface area contributed by atoms with E-state index in [-0.39, 0.29) is 12.4 Å². The van der Waals surface area contributed by atoms with E-state index in [0.717, 1.165) is 29.8 Å². The highest BCUT2D eigenvalue weighted by Gasteiger charge is 2.30. The summed E-state index contributed by atoms with van der Waals surface area (Å²) in [7, 11) is 0. The van der Waals surface area contributed by atoms with Crippen LogP contribution in [0.5, 0.6) is 5.75 Å². The van der Waals surface area contributed by atoms with E-state index >= 15 is 0 Å². The lowest BCUT2D eigenvalue weighted by Crippen LogP contribution is -2.14. The van der Waals surface area contributed by atoms with Crippen molar-refractivity contribution < 1.29 is 31.5 Å². The lowest BCUT2D eigenvalue weighted by atomic mass is 9.86. The molecule has 0 fully saturated rings. The third kappa shape index (κ3) is 4.72. The summed E-state index contributed by atoms with van der Waals surface area (Å²) in [5, 5.41) is 0. The van der Waals surface area contributed by atoms with Crippen molar-refractivity contribution in [1.29, 1.82) is 0 Å². The van der Waals surface area contributed by atoms with Crippen molar-refractivity contribution in [3.05, 3.63) is 106 Å². The van der Waals surface area contributed by atoms with Crippen LogP contribution in [-0.4, -0.2) is 5.78 Å². The van der Waals surface area contributed by atoms with Crippen molar-refractivity contribution in [3.63, 3.8) is 0 Å². The summed E-state index contributed by atoms with van der Waals surface area (Å²) in [5.41, 5.74) is 1.68. The van der Waals surface area contributed by atoms with Crippen LogP contribution in [0.4, 0.5) is 22.0 Å². The van der Waals surface area contributed by atoms with Crippen LogP contribution in [0.15, 0.2) is 66.2 Å². The molecular formula is C25H17F5O2. The Labute approximate surface area is 181 Å². The fourth-order valence-corrected chi connectivity index (χ4v) is 3.58. The van der Waals surface area contributed by atoms with Crippen LogP contribution in [0, 0.1) is 11.6 Å². The second-order valence-electron chi connectivity index (χ2n) is 7.48. The molecule has 0 amide bonds. The normalized spacial score (nSPS) is 15.0. The van der Waals surface area contributed by atoms with Gasteiger partial charge in [-0.2, -0.15) is 13.2 Å². The van der Waals surface area contributed by atoms with Gasteiger partial charge in [-0.1, -0.05) is 18.2 Å². The van der Waals surface area contributed by atoms with Crippen LogP contribution in [0.3, 0.4) is 0 Å². The number of halogens is 5. The van der Waals surface area contributed by atoms with Crippen LogP contribution >= 0.6 is 0 Å². The Morgan fingerprint density at radius 2 is 1.72 bits per heavy atom. The highest BCUT2D eigenvalue weighted by molar-refractivity contribution is 6.13. The number of fused-ring (bicyclic) bond motifs is 1. The first-order chi connectivity index (χ1) is 15.2. The molecule has 7 heteroatoms. The molecule has 164 valence electrons. The number of alkyl halides is 3. The van der Waals surface area contributed by atoms with E-state index in [2.05, 4.69) is 0 Å². The first kappa shape index (κ1) is 21.7. The Morgan fingerprint density at radius 3 is 2.47 bits per heavy atom. The van der Waals surface area contributed by atoms with E-state index in [1.165, 1.54) is 24.3 Å². The fraction of sp³-hybridized carbons (Fsp3) is 0.160. The molecule has 3 aromatic carbocycles. The first-order valence-corrected chi connectivity index (χ1v) is 9.83. The summed E-state index contributed by atoms with van der Waals surface area (Å²) in [5.74, 6) is -1.65. The van der Waals surface area contributed by atoms with E-state index in [9.17, 15) is 26.7 Å². The Balaban J connectivity index is 1.50. The molecule has 0 heterocycles. The van der Waals surface area contributed by atoms with Gasteiger partial charge in [-0.15, -0.1) is 0 Å². The van der Waals surface area contributed by atoms with E-state index in [0.29, 0.717) is 40.9 Å². The molecule has 1 aliphatic carbocycles. The topological polar surface area (TPSA) is 26.3 Å². The summed E-state index contributed by atoms with van der Waals surface area (Å²) in [6.45, 7) is 0.0324. The van der Waals surface area contributed by atoms with Crippen molar-refractivity contribution in [3.8, 4) is 5.75 Å². The van der Waals surface area contributed by atoms with E-state index < -0.39 is 23.4 Å². The molecule has 0 aliphatic heterocycles. The van der Waals surface area contributed by atoms with Crippen LogP contribution in [0.2, 0.25) is 0 Å². The van der Waals surface area contributed by atoms with Gasteiger partial charge in [0.05, 0.1) is 5.56 Å². The highest BCUT2D eigenvalue weighted by Crippen LogP contribution is 2.32. The molecule has 0 bridgehead atoms. The number of carbonyl (C=O) groups excluding carboxylic acids is 1. The standard InChI is InChI=1S/C25H17F5O2/c26-22-9-4-16(12-23(22)27)14-32-20-7-8-21-17(13-20)5-6-18(24(21)31)10-15-2-1-3-19(11-15)25(28,29)30/h1-4,7-13H,5-6,14H2/b18-10+. The maximum absolute atomic E-state index is 13.3. The number of carbonyl (C=O) groups is 1. The van der Waals surface area contributed by atoms with Gasteiger partial charge in [-0.25, -0.2) is 8.78 Å². The number of Topliss-reactive ketones (excluding diaryl/α,β-unsaturated/α-hetero) is 1. The third-order valence-electron chi connectivity index (χ3n) is 5.22. The van der Waals surface area contributed by atoms with Gasteiger partial charge in [0.15, 0.2) is 17.4 Å². The second kappa shape index (κ2) is 8.57. The SMILES string of the molecule is O=C1/C(=C/c2cccc(C(F)(F)F)c2)CCc2cc(OCc3ccc(F)c(F)c3)ccc21. The minimum absolute atomic E-state index is 0.0324. The summed E-state index contributed by atoms with van der Waals surface area (Å²) in [6.07, 6.45) is -2.05.